The molecule has 0 amide bonds. The third-order valence-electron chi connectivity index (χ3n) is 2.45. The van der Waals surface area contributed by atoms with Gasteiger partial charge in [0.25, 0.3) is 0 Å². The molecule has 0 aromatic rings. The van der Waals surface area contributed by atoms with Crippen LogP contribution in [0.5, 0.6) is 0 Å². The Morgan fingerprint density at radius 2 is 2.00 bits per heavy atom. The Bertz CT molecular complexity index is 124. The molecule has 0 spiro atoms. The van der Waals surface area contributed by atoms with Crippen LogP contribution in [0.4, 0.5) is 0 Å². The lowest BCUT2D eigenvalue weighted by molar-refractivity contribution is 0.0633. The van der Waals surface area contributed by atoms with Crippen LogP contribution in [-0.4, -0.2) is 32.8 Å². The lowest BCUT2D eigenvalue weighted by Crippen LogP contribution is -2.09. The van der Waals surface area contributed by atoms with Gasteiger partial charge in [0, 0.05) is 19.6 Å². The number of hydrogen-bond donors (Lipinski definition) is 0. The minimum atomic E-state index is 0.439. The van der Waals surface area contributed by atoms with E-state index in [0.717, 1.165) is 18.9 Å². The Morgan fingerprint density at radius 3 is 2.50 bits per heavy atom. The molecule has 0 aromatic heterocycles. The van der Waals surface area contributed by atoms with Gasteiger partial charge in [0.05, 0.1) is 13.2 Å². The highest BCUT2D eigenvalue weighted by atomic mass is 35.5. The maximum atomic E-state index is 5.82. The van der Waals surface area contributed by atoms with Gasteiger partial charge in [-0.25, -0.2) is 0 Å². The summed E-state index contributed by atoms with van der Waals surface area (Å²) < 4.78 is 10.2. The minimum absolute atomic E-state index is 0.439. The van der Waals surface area contributed by atoms with Crippen molar-refractivity contribution in [2.75, 3.05) is 32.8 Å². The molecule has 1 rings (SSSR count). The van der Waals surface area contributed by atoms with E-state index < -0.39 is 0 Å². The summed E-state index contributed by atoms with van der Waals surface area (Å²) in [5.74, 6) is 0.792. The van der Waals surface area contributed by atoms with Gasteiger partial charge in [-0.2, -0.15) is 0 Å². The Hall–Kier alpha value is 0.210. The van der Waals surface area contributed by atoms with E-state index in [1.165, 1.54) is 12.8 Å². The number of alkyl halides is 1. The Labute approximate surface area is 79.2 Å². The van der Waals surface area contributed by atoms with E-state index in [1.807, 2.05) is 0 Å². The first-order chi connectivity index (χ1) is 5.83. The summed E-state index contributed by atoms with van der Waals surface area (Å²) in [7, 11) is 1.69. The molecule has 0 bridgehead atoms. The lowest BCUT2D eigenvalue weighted by Gasteiger charge is -2.10. The summed E-state index contributed by atoms with van der Waals surface area (Å²) in [6.07, 6.45) is 3.68. The van der Waals surface area contributed by atoms with Crippen LogP contribution in [0.25, 0.3) is 0 Å². The molecule has 0 saturated heterocycles. The molecule has 2 nitrogen and oxygen atoms in total. The van der Waals surface area contributed by atoms with Gasteiger partial charge < -0.3 is 9.47 Å². The van der Waals surface area contributed by atoms with Gasteiger partial charge in [-0.1, -0.05) is 0 Å². The second-order valence-electron chi connectivity index (χ2n) is 3.49. The molecule has 3 heteroatoms. The van der Waals surface area contributed by atoms with Crippen molar-refractivity contribution in [2.24, 2.45) is 5.41 Å². The van der Waals surface area contributed by atoms with Crippen LogP contribution in [0.15, 0.2) is 0 Å². The van der Waals surface area contributed by atoms with E-state index >= 15 is 0 Å². The smallest absolute Gasteiger partial charge is 0.0700 e. The molecule has 0 N–H and O–H groups in total. The molecule has 0 atom stereocenters. The van der Waals surface area contributed by atoms with Gasteiger partial charge in [-0.05, 0) is 24.7 Å². The predicted octanol–water partition coefficient (Wildman–Crippen LogP) is 2.06. The Balaban J connectivity index is 1.89. The SMILES string of the molecule is COCCOCCC1(CCl)CC1. The molecular weight excluding hydrogens is 176 g/mol. The average Bonchev–Trinajstić information content (AvgIpc) is 2.85. The second-order valence-corrected chi connectivity index (χ2v) is 3.76. The van der Waals surface area contributed by atoms with Crippen molar-refractivity contribution in [3.05, 3.63) is 0 Å². The maximum Gasteiger partial charge on any atom is 0.0700 e. The zero-order valence-electron chi connectivity index (χ0n) is 7.64. The topological polar surface area (TPSA) is 18.5 Å². The van der Waals surface area contributed by atoms with Crippen molar-refractivity contribution in [1.82, 2.24) is 0 Å². The van der Waals surface area contributed by atoms with Crippen molar-refractivity contribution in [1.29, 1.82) is 0 Å². The predicted molar refractivity (Wildman–Crippen MR) is 49.7 cm³/mol. The van der Waals surface area contributed by atoms with E-state index in [-0.39, 0.29) is 0 Å². The molecule has 0 radical (unpaired) electrons. The molecular formula is C9H17ClO2. The maximum absolute atomic E-state index is 5.82. The van der Waals surface area contributed by atoms with Crippen molar-refractivity contribution in [2.45, 2.75) is 19.3 Å². The quantitative estimate of drug-likeness (QED) is 0.454. The number of halogens is 1. The largest absolute Gasteiger partial charge is 0.382 e. The van der Waals surface area contributed by atoms with Crippen LogP contribution in [0.3, 0.4) is 0 Å². The summed E-state index contributed by atoms with van der Waals surface area (Å²) in [6.45, 7) is 2.22. The average molecular weight is 193 g/mol. The summed E-state index contributed by atoms with van der Waals surface area (Å²) >= 11 is 5.82. The monoisotopic (exact) mass is 192 g/mol. The molecule has 72 valence electrons. The molecule has 0 aromatic carbocycles. The third-order valence-corrected chi connectivity index (χ3v) is 3.02. The van der Waals surface area contributed by atoms with Crippen LogP contribution in [0.2, 0.25) is 0 Å². The first-order valence-corrected chi connectivity index (χ1v) is 4.99. The van der Waals surface area contributed by atoms with Gasteiger partial charge in [0.2, 0.25) is 0 Å². The van der Waals surface area contributed by atoms with Crippen molar-refractivity contribution < 1.29 is 9.47 Å². The first-order valence-electron chi connectivity index (χ1n) is 4.46. The van der Waals surface area contributed by atoms with Gasteiger partial charge in [0.1, 0.15) is 0 Å². The van der Waals surface area contributed by atoms with E-state index in [9.17, 15) is 0 Å². The highest BCUT2D eigenvalue weighted by Gasteiger charge is 2.40. The number of methoxy groups -OCH3 is 1. The number of rotatable bonds is 7. The second kappa shape index (κ2) is 5.05. The molecule has 0 heterocycles. The molecule has 1 saturated carbocycles. The lowest BCUT2D eigenvalue weighted by atomic mass is 10.1. The van der Waals surface area contributed by atoms with Crippen LogP contribution in [0.1, 0.15) is 19.3 Å². The Morgan fingerprint density at radius 1 is 1.25 bits per heavy atom. The minimum Gasteiger partial charge on any atom is -0.382 e. The highest BCUT2D eigenvalue weighted by molar-refractivity contribution is 6.18. The van der Waals surface area contributed by atoms with Gasteiger partial charge in [-0.15, -0.1) is 11.6 Å². The fraction of sp³-hybridized carbons (Fsp3) is 1.00. The van der Waals surface area contributed by atoms with Crippen LogP contribution < -0.4 is 0 Å². The van der Waals surface area contributed by atoms with E-state index in [4.69, 9.17) is 21.1 Å². The van der Waals surface area contributed by atoms with Crippen molar-refractivity contribution in [3.8, 4) is 0 Å². The van der Waals surface area contributed by atoms with Crippen LogP contribution >= 0.6 is 11.6 Å². The molecule has 1 aliphatic carbocycles. The fourth-order valence-corrected chi connectivity index (χ4v) is 1.56. The van der Waals surface area contributed by atoms with Crippen LogP contribution in [0, 0.1) is 5.41 Å². The van der Waals surface area contributed by atoms with Gasteiger partial charge in [0.15, 0.2) is 0 Å². The standard InChI is InChI=1S/C9H17ClO2/c1-11-6-7-12-5-4-9(8-10)2-3-9/h2-8H2,1H3. The van der Waals surface area contributed by atoms with Crippen molar-refractivity contribution in [3.63, 3.8) is 0 Å². The number of hydrogen-bond acceptors (Lipinski definition) is 2. The van der Waals surface area contributed by atoms with E-state index in [2.05, 4.69) is 0 Å². The zero-order chi connectivity index (χ0) is 8.86. The summed E-state index contributed by atoms with van der Waals surface area (Å²) in [5, 5.41) is 0. The van der Waals surface area contributed by atoms with E-state index in [0.29, 0.717) is 18.6 Å². The van der Waals surface area contributed by atoms with Gasteiger partial charge >= 0.3 is 0 Å². The van der Waals surface area contributed by atoms with Crippen molar-refractivity contribution >= 4 is 11.6 Å². The summed E-state index contributed by atoms with van der Waals surface area (Å²) in [5.41, 5.74) is 0.439. The Kier molecular flexibility index (Phi) is 4.33. The molecule has 1 aliphatic rings. The van der Waals surface area contributed by atoms with Gasteiger partial charge in [-0.3, -0.25) is 0 Å². The first kappa shape index (κ1) is 10.3. The highest BCUT2D eigenvalue weighted by Crippen LogP contribution is 2.49. The normalized spacial score (nSPS) is 19.5. The third kappa shape index (κ3) is 3.30. The molecule has 0 aliphatic heterocycles. The molecule has 12 heavy (non-hydrogen) atoms. The summed E-state index contributed by atoms with van der Waals surface area (Å²) in [6, 6.07) is 0. The van der Waals surface area contributed by atoms with Crippen LogP contribution in [-0.2, 0) is 9.47 Å². The zero-order valence-corrected chi connectivity index (χ0v) is 8.40. The van der Waals surface area contributed by atoms with E-state index in [1.54, 1.807) is 7.11 Å². The molecule has 1 fully saturated rings. The number of ether oxygens (including phenoxy) is 2. The molecule has 0 unspecified atom stereocenters. The fourth-order valence-electron chi connectivity index (χ4n) is 1.16. The summed E-state index contributed by atoms with van der Waals surface area (Å²) in [4.78, 5) is 0.